The van der Waals surface area contributed by atoms with E-state index in [1.54, 1.807) is 12.1 Å². The van der Waals surface area contributed by atoms with Crippen LogP contribution in [0, 0.1) is 17.0 Å². The first-order chi connectivity index (χ1) is 13.0. The molecule has 1 aromatic carbocycles. The molecule has 9 heteroatoms. The van der Waals surface area contributed by atoms with Crippen LogP contribution in [0.1, 0.15) is 36.5 Å². The van der Waals surface area contributed by atoms with Gasteiger partial charge in [-0.25, -0.2) is 4.99 Å². The van der Waals surface area contributed by atoms with Gasteiger partial charge in [0.05, 0.1) is 17.5 Å². The molecule has 0 aliphatic heterocycles. The van der Waals surface area contributed by atoms with Gasteiger partial charge >= 0.3 is 0 Å². The normalized spacial score (nSPS) is 12.2. The summed E-state index contributed by atoms with van der Waals surface area (Å²) < 4.78 is 5.68. The fourth-order valence-corrected chi connectivity index (χ4v) is 2.86. The number of non-ortho nitro benzene ring substituents is 1. The minimum absolute atomic E-state index is 0. The van der Waals surface area contributed by atoms with E-state index in [1.165, 1.54) is 12.1 Å². The molecule has 2 aromatic rings. The molecule has 0 saturated carbocycles. The Labute approximate surface area is 186 Å². The fourth-order valence-electron chi connectivity index (χ4n) is 2.43. The lowest BCUT2D eigenvalue weighted by Crippen LogP contribution is -2.39. The molecule has 0 aliphatic carbocycles. The summed E-state index contributed by atoms with van der Waals surface area (Å²) in [5, 5.41) is 17.4. The number of aryl methyl sites for hydroxylation is 1. The first-order valence-electron chi connectivity index (χ1n) is 8.83. The Bertz CT molecular complexity index is 765. The van der Waals surface area contributed by atoms with Gasteiger partial charge in [-0.3, -0.25) is 10.1 Å². The monoisotopic (exact) mass is 518 g/mol. The summed E-state index contributed by atoms with van der Waals surface area (Å²) in [7, 11) is 0. The number of nitrogens with zero attached hydrogens (tertiary/aromatic N) is 2. The number of hydrogen-bond donors (Lipinski definition) is 2. The van der Waals surface area contributed by atoms with Crippen LogP contribution >= 0.6 is 35.7 Å². The number of guanidine groups is 1. The van der Waals surface area contributed by atoms with E-state index in [0.717, 1.165) is 35.8 Å². The molecule has 0 aliphatic rings. The van der Waals surface area contributed by atoms with Crippen molar-refractivity contribution in [3.63, 3.8) is 0 Å². The van der Waals surface area contributed by atoms with Crippen molar-refractivity contribution >= 4 is 47.4 Å². The number of nitrogens with one attached hydrogen (secondary N) is 2. The molecular weight excluding hydrogens is 491 g/mol. The van der Waals surface area contributed by atoms with Crippen molar-refractivity contribution in [3.05, 3.63) is 63.6 Å². The highest BCUT2D eigenvalue weighted by atomic mass is 127. The number of benzene rings is 1. The lowest BCUT2D eigenvalue weighted by Gasteiger charge is -2.17. The van der Waals surface area contributed by atoms with Gasteiger partial charge in [0, 0.05) is 18.7 Å². The highest BCUT2D eigenvalue weighted by Crippen LogP contribution is 2.16. The zero-order valence-electron chi connectivity index (χ0n) is 16.3. The Morgan fingerprint density at radius 2 is 2.00 bits per heavy atom. The van der Waals surface area contributed by atoms with Crippen molar-refractivity contribution in [2.75, 3.05) is 18.6 Å². The maximum atomic E-state index is 10.8. The molecule has 1 aromatic heterocycles. The first-order valence-corrected chi connectivity index (χ1v) is 10.2. The summed E-state index contributed by atoms with van der Waals surface area (Å²) in [6.07, 6.45) is 3.12. The molecular formula is C19H27IN4O3S. The zero-order valence-corrected chi connectivity index (χ0v) is 19.5. The van der Waals surface area contributed by atoms with Gasteiger partial charge in [0.15, 0.2) is 5.96 Å². The SMILES string of the molecule is CSCCCNC(=NCc1ccc([N+](=O)[O-])cc1)NC(C)c1ccc(C)o1.I. The summed E-state index contributed by atoms with van der Waals surface area (Å²) >= 11 is 1.81. The molecule has 0 fully saturated rings. The van der Waals surface area contributed by atoms with Crippen molar-refractivity contribution in [2.45, 2.75) is 32.9 Å². The predicted octanol–water partition coefficient (Wildman–Crippen LogP) is 4.66. The van der Waals surface area contributed by atoms with E-state index in [9.17, 15) is 10.1 Å². The number of nitro benzene ring substituents is 1. The molecule has 1 atom stereocenters. The minimum Gasteiger partial charge on any atom is -0.464 e. The Hall–Kier alpha value is -1.75. The van der Waals surface area contributed by atoms with Gasteiger partial charge in [-0.15, -0.1) is 24.0 Å². The molecule has 2 N–H and O–H groups in total. The van der Waals surface area contributed by atoms with E-state index in [1.807, 2.05) is 37.7 Å². The summed E-state index contributed by atoms with van der Waals surface area (Å²) in [5.74, 6) is 3.49. The van der Waals surface area contributed by atoms with E-state index in [-0.39, 0.29) is 35.7 Å². The molecule has 1 unspecified atom stereocenters. The Morgan fingerprint density at radius 1 is 1.29 bits per heavy atom. The second-order valence-corrected chi connectivity index (χ2v) is 7.16. The number of nitro groups is 1. The lowest BCUT2D eigenvalue weighted by atomic mass is 10.2. The molecule has 154 valence electrons. The highest BCUT2D eigenvalue weighted by Gasteiger charge is 2.11. The maximum Gasteiger partial charge on any atom is 0.269 e. The van der Waals surface area contributed by atoms with Gasteiger partial charge in [0.2, 0.25) is 0 Å². The van der Waals surface area contributed by atoms with Crippen LogP contribution < -0.4 is 10.6 Å². The quantitative estimate of drug-likeness (QED) is 0.125. The predicted molar refractivity (Wildman–Crippen MR) is 126 cm³/mol. The number of aliphatic imine (C=N–C) groups is 1. The van der Waals surface area contributed by atoms with E-state index >= 15 is 0 Å². The smallest absolute Gasteiger partial charge is 0.269 e. The molecule has 2 rings (SSSR count). The van der Waals surface area contributed by atoms with Gasteiger partial charge in [-0.1, -0.05) is 12.1 Å². The van der Waals surface area contributed by atoms with Crippen molar-refractivity contribution in [1.29, 1.82) is 0 Å². The molecule has 7 nitrogen and oxygen atoms in total. The van der Waals surface area contributed by atoms with Crippen molar-refractivity contribution in [1.82, 2.24) is 10.6 Å². The number of hydrogen-bond acceptors (Lipinski definition) is 5. The molecule has 1 heterocycles. The minimum atomic E-state index is -0.402. The summed E-state index contributed by atoms with van der Waals surface area (Å²) in [6.45, 7) is 5.18. The van der Waals surface area contributed by atoms with Crippen molar-refractivity contribution in [2.24, 2.45) is 4.99 Å². The summed E-state index contributed by atoms with van der Waals surface area (Å²) in [4.78, 5) is 15.0. The standard InChI is InChI=1S/C19H26N4O3S.HI/c1-14-5-10-18(26-14)15(2)22-19(20-11-4-12-27-3)21-13-16-6-8-17(9-7-16)23(24)25;/h5-10,15H,4,11-13H2,1-3H3,(H2,20,21,22);1H. The van der Waals surface area contributed by atoms with E-state index in [0.29, 0.717) is 12.5 Å². The van der Waals surface area contributed by atoms with Crippen LogP contribution in [0.2, 0.25) is 0 Å². The molecule has 0 bridgehead atoms. The second-order valence-electron chi connectivity index (χ2n) is 6.18. The number of furan rings is 1. The molecule has 28 heavy (non-hydrogen) atoms. The third-order valence-corrected chi connectivity index (χ3v) is 4.62. The van der Waals surface area contributed by atoms with Crippen LogP contribution in [0.4, 0.5) is 5.69 Å². The van der Waals surface area contributed by atoms with Crippen LogP contribution in [-0.4, -0.2) is 29.4 Å². The van der Waals surface area contributed by atoms with Crippen LogP contribution in [0.25, 0.3) is 0 Å². The van der Waals surface area contributed by atoms with Crippen LogP contribution in [0.15, 0.2) is 45.8 Å². The van der Waals surface area contributed by atoms with Gasteiger partial charge in [0.1, 0.15) is 11.5 Å². The largest absolute Gasteiger partial charge is 0.464 e. The van der Waals surface area contributed by atoms with Crippen molar-refractivity contribution < 1.29 is 9.34 Å². The molecule has 0 radical (unpaired) electrons. The van der Waals surface area contributed by atoms with E-state index in [4.69, 9.17) is 4.42 Å². The zero-order chi connectivity index (χ0) is 19.6. The third-order valence-electron chi connectivity index (χ3n) is 3.93. The Morgan fingerprint density at radius 3 is 2.57 bits per heavy atom. The van der Waals surface area contributed by atoms with Crippen LogP contribution in [0.3, 0.4) is 0 Å². The van der Waals surface area contributed by atoms with E-state index < -0.39 is 4.92 Å². The molecule has 0 saturated heterocycles. The van der Waals surface area contributed by atoms with Crippen LogP contribution in [-0.2, 0) is 6.54 Å². The topological polar surface area (TPSA) is 92.7 Å². The summed E-state index contributed by atoms with van der Waals surface area (Å²) in [5.41, 5.74) is 0.991. The van der Waals surface area contributed by atoms with Gasteiger partial charge in [0.25, 0.3) is 5.69 Å². The average molecular weight is 518 g/mol. The fraction of sp³-hybridized carbons (Fsp3) is 0.421. The number of rotatable bonds is 9. The summed E-state index contributed by atoms with van der Waals surface area (Å²) in [6, 6.07) is 10.3. The van der Waals surface area contributed by atoms with Gasteiger partial charge < -0.3 is 15.1 Å². The third kappa shape index (κ3) is 8.09. The Kier molecular flexibility index (Phi) is 11.0. The average Bonchev–Trinajstić information content (AvgIpc) is 3.09. The van der Waals surface area contributed by atoms with E-state index in [2.05, 4.69) is 21.9 Å². The Balaban J connectivity index is 0.00000392. The highest BCUT2D eigenvalue weighted by molar-refractivity contribution is 14.0. The maximum absolute atomic E-state index is 10.8. The van der Waals surface area contributed by atoms with Gasteiger partial charge in [-0.05, 0) is 50.0 Å². The second kappa shape index (κ2) is 12.7. The first kappa shape index (κ1) is 24.3. The lowest BCUT2D eigenvalue weighted by molar-refractivity contribution is -0.384. The molecule has 0 spiro atoms. The van der Waals surface area contributed by atoms with Crippen LogP contribution in [0.5, 0.6) is 0 Å². The number of halogens is 1. The number of thioether (sulfide) groups is 1. The van der Waals surface area contributed by atoms with Gasteiger partial charge in [-0.2, -0.15) is 11.8 Å². The van der Waals surface area contributed by atoms with Crippen molar-refractivity contribution in [3.8, 4) is 0 Å². The molecule has 0 amide bonds.